The SMILES string of the molecule is CCOC(=O)c1ccc(NC(=O)N2CCc3c([nH]c4ccccc34)C2)cc1. The molecule has 0 fully saturated rings. The number of rotatable bonds is 3. The summed E-state index contributed by atoms with van der Waals surface area (Å²) in [7, 11) is 0. The molecule has 0 saturated carbocycles. The van der Waals surface area contributed by atoms with Gasteiger partial charge in [0.05, 0.1) is 18.7 Å². The van der Waals surface area contributed by atoms with E-state index in [9.17, 15) is 9.59 Å². The number of esters is 1. The van der Waals surface area contributed by atoms with Crippen LogP contribution in [0.25, 0.3) is 10.9 Å². The number of carbonyl (C=O) groups excluding carboxylic acids is 2. The van der Waals surface area contributed by atoms with Crippen LogP contribution in [0.5, 0.6) is 0 Å². The number of H-pyrrole nitrogens is 1. The first-order valence-electron chi connectivity index (χ1n) is 9.07. The molecule has 0 aliphatic carbocycles. The Morgan fingerprint density at radius 1 is 1.15 bits per heavy atom. The fraction of sp³-hybridized carbons (Fsp3) is 0.238. The number of nitrogens with zero attached hydrogens (tertiary/aromatic N) is 1. The number of nitrogens with one attached hydrogen (secondary N) is 2. The zero-order chi connectivity index (χ0) is 18.8. The molecule has 0 unspecified atom stereocenters. The zero-order valence-electron chi connectivity index (χ0n) is 15.1. The summed E-state index contributed by atoms with van der Waals surface area (Å²) in [4.78, 5) is 29.5. The first-order valence-corrected chi connectivity index (χ1v) is 9.07. The summed E-state index contributed by atoms with van der Waals surface area (Å²) in [5, 5.41) is 4.13. The molecule has 27 heavy (non-hydrogen) atoms. The van der Waals surface area contributed by atoms with Crippen molar-refractivity contribution in [3.05, 3.63) is 65.4 Å². The average Bonchev–Trinajstić information content (AvgIpc) is 3.06. The molecule has 2 heterocycles. The maximum Gasteiger partial charge on any atom is 0.338 e. The Morgan fingerprint density at radius 2 is 1.93 bits per heavy atom. The number of para-hydroxylation sites is 1. The van der Waals surface area contributed by atoms with Crippen molar-refractivity contribution in [1.82, 2.24) is 9.88 Å². The lowest BCUT2D eigenvalue weighted by Crippen LogP contribution is -2.38. The molecule has 3 aromatic rings. The second-order valence-corrected chi connectivity index (χ2v) is 6.53. The summed E-state index contributed by atoms with van der Waals surface area (Å²) in [6, 6.07) is 14.8. The van der Waals surface area contributed by atoms with Crippen LogP contribution in [0.15, 0.2) is 48.5 Å². The van der Waals surface area contributed by atoms with Crippen molar-refractivity contribution < 1.29 is 14.3 Å². The molecule has 1 aliphatic rings. The number of fused-ring (bicyclic) bond motifs is 3. The van der Waals surface area contributed by atoms with Gasteiger partial charge < -0.3 is 19.9 Å². The first-order chi connectivity index (χ1) is 13.2. The molecule has 2 aromatic carbocycles. The van der Waals surface area contributed by atoms with Crippen molar-refractivity contribution in [3.8, 4) is 0 Å². The fourth-order valence-electron chi connectivity index (χ4n) is 3.47. The van der Waals surface area contributed by atoms with Gasteiger partial charge in [-0.05, 0) is 49.2 Å². The van der Waals surface area contributed by atoms with Crippen LogP contribution in [0.3, 0.4) is 0 Å². The molecule has 2 amide bonds. The smallest absolute Gasteiger partial charge is 0.338 e. The van der Waals surface area contributed by atoms with Gasteiger partial charge in [-0.25, -0.2) is 9.59 Å². The molecular weight excluding hydrogens is 342 g/mol. The molecule has 4 rings (SSSR count). The number of anilines is 1. The van der Waals surface area contributed by atoms with Crippen LogP contribution in [-0.4, -0.2) is 35.0 Å². The molecule has 0 spiro atoms. The quantitative estimate of drug-likeness (QED) is 0.692. The summed E-state index contributed by atoms with van der Waals surface area (Å²) in [5.41, 5.74) is 4.62. The summed E-state index contributed by atoms with van der Waals surface area (Å²) in [6.07, 6.45) is 0.828. The Kier molecular flexibility index (Phi) is 4.54. The van der Waals surface area contributed by atoms with E-state index in [2.05, 4.69) is 22.4 Å². The van der Waals surface area contributed by atoms with Gasteiger partial charge in [0.1, 0.15) is 0 Å². The van der Waals surface area contributed by atoms with Crippen LogP contribution in [0.4, 0.5) is 10.5 Å². The Bertz CT molecular complexity index is 992. The van der Waals surface area contributed by atoms with Crippen LogP contribution in [0, 0.1) is 0 Å². The number of ether oxygens (including phenoxy) is 1. The number of carbonyl (C=O) groups is 2. The van der Waals surface area contributed by atoms with E-state index < -0.39 is 0 Å². The minimum atomic E-state index is -0.363. The number of amides is 2. The van der Waals surface area contributed by atoms with Crippen LogP contribution in [0.2, 0.25) is 0 Å². The van der Waals surface area contributed by atoms with Crippen LogP contribution in [-0.2, 0) is 17.7 Å². The van der Waals surface area contributed by atoms with Gasteiger partial charge in [-0.2, -0.15) is 0 Å². The van der Waals surface area contributed by atoms with E-state index in [4.69, 9.17) is 4.74 Å². The number of hydrogen-bond acceptors (Lipinski definition) is 3. The van der Waals surface area contributed by atoms with E-state index in [1.807, 2.05) is 12.1 Å². The number of aromatic amines is 1. The van der Waals surface area contributed by atoms with Gasteiger partial charge in [0, 0.05) is 28.8 Å². The van der Waals surface area contributed by atoms with Gasteiger partial charge in [-0.15, -0.1) is 0 Å². The van der Waals surface area contributed by atoms with Gasteiger partial charge in [0.2, 0.25) is 0 Å². The van der Waals surface area contributed by atoms with Crippen molar-refractivity contribution in [2.45, 2.75) is 19.9 Å². The van der Waals surface area contributed by atoms with Crippen LogP contribution < -0.4 is 5.32 Å². The Labute approximate surface area is 157 Å². The molecule has 0 radical (unpaired) electrons. The van der Waals surface area contributed by atoms with Gasteiger partial charge in [0.25, 0.3) is 0 Å². The van der Waals surface area contributed by atoms with E-state index >= 15 is 0 Å². The average molecular weight is 363 g/mol. The third-order valence-corrected chi connectivity index (χ3v) is 4.82. The highest BCUT2D eigenvalue weighted by molar-refractivity contribution is 5.93. The van der Waals surface area contributed by atoms with Crippen molar-refractivity contribution in [1.29, 1.82) is 0 Å². The number of hydrogen-bond donors (Lipinski definition) is 2. The topological polar surface area (TPSA) is 74.4 Å². The summed E-state index contributed by atoms with van der Waals surface area (Å²) < 4.78 is 4.96. The Balaban J connectivity index is 1.44. The maximum absolute atomic E-state index is 12.6. The maximum atomic E-state index is 12.6. The predicted molar refractivity (Wildman–Crippen MR) is 104 cm³/mol. The summed E-state index contributed by atoms with van der Waals surface area (Å²) in [6.45, 7) is 3.32. The van der Waals surface area contributed by atoms with Crippen molar-refractivity contribution in [2.24, 2.45) is 0 Å². The molecule has 0 bridgehead atoms. The standard InChI is InChI=1S/C21H21N3O3/c1-2-27-20(25)14-7-9-15(10-8-14)22-21(26)24-12-11-17-16-5-3-4-6-18(16)23-19(17)13-24/h3-10,23H,2,11-13H2,1H3,(H,22,26). The van der Waals surface area contributed by atoms with E-state index in [0.29, 0.717) is 30.9 Å². The van der Waals surface area contributed by atoms with Crippen molar-refractivity contribution in [3.63, 3.8) is 0 Å². The first kappa shape index (κ1) is 17.1. The molecule has 1 aliphatic heterocycles. The molecule has 1 aromatic heterocycles. The molecule has 138 valence electrons. The summed E-state index contributed by atoms with van der Waals surface area (Å²) in [5.74, 6) is -0.363. The molecule has 6 heteroatoms. The number of urea groups is 1. The highest BCUT2D eigenvalue weighted by atomic mass is 16.5. The van der Waals surface area contributed by atoms with Crippen LogP contribution in [0.1, 0.15) is 28.5 Å². The third kappa shape index (κ3) is 3.38. The van der Waals surface area contributed by atoms with Gasteiger partial charge in [-0.3, -0.25) is 0 Å². The minimum absolute atomic E-state index is 0.150. The largest absolute Gasteiger partial charge is 0.462 e. The number of aromatic nitrogens is 1. The highest BCUT2D eigenvalue weighted by Gasteiger charge is 2.23. The van der Waals surface area contributed by atoms with Crippen molar-refractivity contribution in [2.75, 3.05) is 18.5 Å². The van der Waals surface area contributed by atoms with Gasteiger partial charge >= 0.3 is 12.0 Å². The lowest BCUT2D eigenvalue weighted by Gasteiger charge is -2.27. The molecule has 0 atom stereocenters. The Hall–Kier alpha value is -3.28. The van der Waals surface area contributed by atoms with Gasteiger partial charge in [0.15, 0.2) is 0 Å². The summed E-state index contributed by atoms with van der Waals surface area (Å²) >= 11 is 0. The van der Waals surface area contributed by atoms with E-state index in [1.54, 1.807) is 36.1 Å². The minimum Gasteiger partial charge on any atom is -0.462 e. The molecular formula is C21H21N3O3. The second-order valence-electron chi connectivity index (χ2n) is 6.53. The lowest BCUT2D eigenvalue weighted by atomic mass is 10.0. The lowest BCUT2D eigenvalue weighted by molar-refractivity contribution is 0.0526. The second kappa shape index (κ2) is 7.15. The van der Waals surface area contributed by atoms with E-state index in [1.165, 1.54) is 10.9 Å². The predicted octanol–water partition coefficient (Wildman–Crippen LogP) is 3.93. The highest BCUT2D eigenvalue weighted by Crippen LogP contribution is 2.27. The molecule has 6 nitrogen and oxygen atoms in total. The molecule has 0 saturated heterocycles. The Morgan fingerprint density at radius 3 is 2.70 bits per heavy atom. The zero-order valence-corrected chi connectivity index (χ0v) is 15.1. The van der Waals surface area contributed by atoms with Crippen molar-refractivity contribution >= 4 is 28.6 Å². The monoisotopic (exact) mass is 363 g/mol. The third-order valence-electron chi connectivity index (χ3n) is 4.82. The normalized spacial score (nSPS) is 13.3. The van der Waals surface area contributed by atoms with E-state index in [-0.39, 0.29) is 12.0 Å². The van der Waals surface area contributed by atoms with Crippen LogP contribution >= 0.6 is 0 Å². The molecule has 2 N–H and O–H groups in total. The van der Waals surface area contributed by atoms with Gasteiger partial charge in [-0.1, -0.05) is 18.2 Å². The number of benzene rings is 2. The fourth-order valence-corrected chi connectivity index (χ4v) is 3.47. The van der Waals surface area contributed by atoms with E-state index in [0.717, 1.165) is 17.6 Å².